The summed E-state index contributed by atoms with van der Waals surface area (Å²) in [5.74, 6) is -1.02. The lowest BCUT2D eigenvalue weighted by Crippen LogP contribution is -2.34. The van der Waals surface area contributed by atoms with Crippen molar-refractivity contribution in [2.45, 2.75) is 30.8 Å². The predicted octanol–water partition coefficient (Wildman–Crippen LogP) is 2.51. The topological polar surface area (TPSA) is 92.8 Å². The van der Waals surface area contributed by atoms with Crippen molar-refractivity contribution < 1.29 is 22.7 Å². The summed E-state index contributed by atoms with van der Waals surface area (Å²) in [6, 6.07) is 14.4. The third kappa shape index (κ3) is 5.02. The molecule has 1 N–H and O–H groups in total. The molecular weight excluding hydrogens is 392 g/mol. The summed E-state index contributed by atoms with van der Waals surface area (Å²) in [6.07, 6.45) is 0.771. The van der Waals surface area contributed by atoms with Crippen molar-refractivity contribution in [2.24, 2.45) is 0 Å². The molecule has 1 saturated heterocycles. The Bertz CT molecular complexity index is 970. The second-order valence-corrected chi connectivity index (χ2v) is 8.52. The van der Waals surface area contributed by atoms with Crippen molar-refractivity contribution >= 4 is 21.9 Å². The van der Waals surface area contributed by atoms with Gasteiger partial charge < -0.3 is 9.64 Å². The van der Waals surface area contributed by atoms with Gasteiger partial charge in [0, 0.05) is 25.2 Å². The zero-order valence-electron chi connectivity index (χ0n) is 16.2. The molecule has 0 radical (unpaired) electrons. The van der Waals surface area contributed by atoms with Gasteiger partial charge in [0.15, 0.2) is 0 Å². The fourth-order valence-corrected chi connectivity index (χ4v) is 4.32. The van der Waals surface area contributed by atoms with Gasteiger partial charge in [-0.15, -0.1) is 0 Å². The van der Waals surface area contributed by atoms with E-state index in [1.807, 2.05) is 6.07 Å². The van der Waals surface area contributed by atoms with Crippen LogP contribution in [0.2, 0.25) is 0 Å². The van der Waals surface area contributed by atoms with E-state index in [9.17, 15) is 18.0 Å². The molecule has 0 bridgehead atoms. The number of amides is 1. The highest BCUT2D eigenvalue weighted by Gasteiger charge is 2.31. The van der Waals surface area contributed by atoms with Crippen LogP contribution in [0.3, 0.4) is 0 Å². The molecule has 154 valence electrons. The fraction of sp³-hybridized carbons (Fsp3) is 0.333. The molecule has 0 aromatic heterocycles. The molecular formula is C21H24N2O5S. The predicted molar refractivity (Wildman–Crippen MR) is 108 cm³/mol. The minimum absolute atomic E-state index is 0.0315. The molecule has 0 spiro atoms. The Labute approximate surface area is 170 Å². The van der Waals surface area contributed by atoms with E-state index in [1.54, 1.807) is 36.1 Å². The normalized spacial score (nSPS) is 15.1. The third-order valence-electron chi connectivity index (χ3n) is 4.68. The first-order valence-corrected chi connectivity index (χ1v) is 11.0. The van der Waals surface area contributed by atoms with Crippen molar-refractivity contribution in [1.82, 2.24) is 9.62 Å². The molecule has 7 nitrogen and oxygen atoms in total. The number of carbonyl (C=O) groups excluding carboxylic acids is 2. The van der Waals surface area contributed by atoms with E-state index in [2.05, 4.69) is 4.72 Å². The van der Waals surface area contributed by atoms with Crippen LogP contribution in [-0.2, 0) is 19.6 Å². The first-order valence-electron chi connectivity index (χ1n) is 9.57. The van der Waals surface area contributed by atoms with Crippen LogP contribution in [0.4, 0.5) is 0 Å². The Kier molecular flexibility index (Phi) is 6.66. The van der Waals surface area contributed by atoms with Crippen LogP contribution < -0.4 is 4.72 Å². The maximum atomic E-state index is 13.0. The van der Waals surface area contributed by atoms with Gasteiger partial charge in [0.1, 0.15) is 0 Å². The average Bonchev–Trinajstić information content (AvgIpc) is 3.27. The van der Waals surface area contributed by atoms with E-state index in [0.717, 1.165) is 12.8 Å². The number of nitrogens with one attached hydrogen (secondary N) is 1. The van der Waals surface area contributed by atoms with E-state index >= 15 is 0 Å². The van der Waals surface area contributed by atoms with E-state index in [0.29, 0.717) is 18.7 Å². The Morgan fingerprint density at radius 2 is 1.76 bits per heavy atom. The zero-order chi connectivity index (χ0) is 20.9. The number of benzene rings is 2. The van der Waals surface area contributed by atoms with Crippen LogP contribution in [0.15, 0.2) is 59.5 Å². The van der Waals surface area contributed by atoms with E-state index in [1.165, 1.54) is 24.3 Å². The highest BCUT2D eigenvalue weighted by atomic mass is 32.2. The molecule has 8 heteroatoms. The highest BCUT2D eigenvalue weighted by molar-refractivity contribution is 7.89. The number of ether oxygens (including phenoxy) is 1. The van der Waals surface area contributed by atoms with Crippen LogP contribution in [0.1, 0.15) is 41.8 Å². The molecule has 0 saturated carbocycles. The summed E-state index contributed by atoms with van der Waals surface area (Å²) in [4.78, 5) is 27.4. The van der Waals surface area contributed by atoms with Crippen molar-refractivity contribution in [3.05, 3.63) is 65.7 Å². The Hall–Kier alpha value is -2.71. The number of esters is 1. The zero-order valence-corrected chi connectivity index (χ0v) is 17.0. The molecule has 0 aliphatic carbocycles. The summed E-state index contributed by atoms with van der Waals surface area (Å²) in [6.45, 7) is 3.17. The fourth-order valence-electron chi connectivity index (χ4n) is 3.23. The summed E-state index contributed by atoms with van der Waals surface area (Å²) in [7, 11) is -3.71. The quantitative estimate of drug-likeness (QED) is 0.700. The van der Waals surface area contributed by atoms with Crippen LogP contribution in [-0.4, -0.2) is 44.8 Å². The summed E-state index contributed by atoms with van der Waals surface area (Å²) >= 11 is 0. The van der Waals surface area contributed by atoms with Crippen molar-refractivity contribution in [1.29, 1.82) is 0 Å². The lowest BCUT2D eigenvalue weighted by Gasteiger charge is -2.23. The number of sulfonamides is 1. The lowest BCUT2D eigenvalue weighted by molar-refractivity contribution is -0.140. The van der Waals surface area contributed by atoms with Crippen LogP contribution >= 0.6 is 0 Å². The maximum absolute atomic E-state index is 13.0. The molecule has 1 aliphatic rings. The SMILES string of the molecule is CCNS(=O)(=O)c1cccc(C(=O)OC(C(=O)N2CCCC2)c2ccccc2)c1. The second kappa shape index (κ2) is 9.19. The van der Waals surface area contributed by atoms with E-state index < -0.39 is 22.1 Å². The average molecular weight is 416 g/mol. The molecule has 1 fully saturated rings. The molecule has 1 amide bonds. The lowest BCUT2D eigenvalue weighted by atomic mass is 10.1. The van der Waals surface area contributed by atoms with Crippen LogP contribution in [0.25, 0.3) is 0 Å². The monoisotopic (exact) mass is 416 g/mol. The van der Waals surface area contributed by atoms with Gasteiger partial charge in [-0.3, -0.25) is 4.79 Å². The van der Waals surface area contributed by atoms with Crippen LogP contribution in [0.5, 0.6) is 0 Å². The van der Waals surface area contributed by atoms with Crippen LogP contribution in [0, 0.1) is 0 Å². The number of rotatable bonds is 7. The summed E-state index contributed by atoms with van der Waals surface area (Å²) < 4.78 is 32.4. The van der Waals surface area contributed by atoms with Gasteiger partial charge in [0.05, 0.1) is 10.5 Å². The molecule has 2 aromatic carbocycles. The highest BCUT2D eigenvalue weighted by Crippen LogP contribution is 2.24. The molecule has 29 heavy (non-hydrogen) atoms. The van der Waals surface area contributed by atoms with Gasteiger partial charge in [0.2, 0.25) is 16.1 Å². The number of hydrogen-bond donors (Lipinski definition) is 1. The molecule has 1 heterocycles. The molecule has 3 rings (SSSR count). The Morgan fingerprint density at radius 1 is 1.07 bits per heavy atom. The van der Waals surface area contributed by atoms with Crippen molar-refractivity contribution in [3.63, 3.8) is 0 Å². The summed E-state index contributed by atoms with van der Waals surface area (Å²) in [5, 5.41) is 0. The first-order chi connectivity index (χ1) is 13.9. The number of hydrogen-bond acceptors (Lipinski definition) is 5. The largest absolute Gasteiger partial charge is 0.444 e. The molecule has 2 aromatic rings. The smallest absolute Gasteiger partial charge is 0.339 e. The van der Waals surface area contributed by atoms with Gasteiger partial charge in [-0.2, -0.15) is 0 Å². The third-order valence-corrected chi connectivity index (χ3v) is 6.23. The summed E-state index contributed by atoms with van der Waals surface area (Å²) in [5.41, 5.74) is 0.647. The number of carbonyl (C=O) groups is 2. The Balaban J connectivity index is 1.86. The maximum Gasteiger partial charge on any atom is 0.339 e. The molecule has 1 unspecified atom stereocenters. The standard InChI is InChI=1S/C21H24N2O5S/c1-2-22-29(26,27)18-12-8-11-17(15-18)21(25)28-19(16-9-4-3-5-10-16)20(24)23-13-6-7-14-23/h3-5,8-12,15,19,22H,2,6-7,13-14H2,1H3. The minimum Gasteiger partial charge on any atom is -0.444 e. The molecule has 1 aliphatic heterocycles. The Morgan fingerprint density at radius 3 is 2.41 bits per heavy atom. The van der Waals surface area contributed by atoms with Gasteiger partial charge in [-0.1, -0.05) is 43.3 Å². The van der Waals surface area contributed by atoms with Gasteiger partial charge in [0.25, 0.3) is 5.91 Å². The van der Waals surface area contributed by atoms with E-state index in [4.69, 9.17) is 4.74 Å². The number of likely N-dealkylation sites (tertiary alicyclic amines) is 1. The van der Waals surface area contributed by atoms with E-state index in [-0.39, 0.29) is 22.9 Å². The van der Waals surface area contributed by atoms with Gasteiger partial charge in [-0.05, 0) is 31.0 Å². The van der Waals surface area contributed by atoms with Crippen molar-refractivity contribution in [2.75, 3.05) is 19.6 Å². The minimum atomic E-state index is -3.71. The van der Waals surface area contributed by atoms with Gasteiger partial charge in [-0.25, -0.2) is 17.9 Å². The molecule has 1 atom stereocenters. The first kappa shape index (κ1) is 21.0. The van der Waals surface area contributed by atoms with Crippen molar-refractivity contribution in [3.8, 4) is 0 Å². The second-order valence-electron chi connectivity index (χ2n) is 6.76. The van der Waals surface area contributed by atoms with Gasteiger partial charge >= 0.3 is 5.97 Å². The number of nitrogens with zero attached hydrogens (tertiary/aromatic N) is 1.